The first-order chi connectivity index (χ1) is 8.18. The Morgan fingerprint density at radius 1 is 0.882 bits per heavy atom. The van der Waals surface area contributed by atoms with E-state index in [2.05, 4.69) is 6.92 Å². The van der Waals surface area contributed by atoms with Gasteiger partial charge in [0.15, 0.2) is 0 Å². The maximum Gasteiger partial charge on any atom is 0.346 e. The average Bonchev–Trinajstić information content (AvgIpc) is 2.81. The Hall–Kier alpha value is 0.137. The van der Waals surface area contributed by atoms with Crippen LogP contribution in [-0.2, 0) is 8.85 Å². The van der Waals surface area contributed by atoms with Gasteiger partial charge in [-0.05, 0) is 25.7 Å². The summed E-state index contributed by atoms with van der Waals surface area (Å²) in [5.41, 5.74) is 0.731. The third-order valence-corrected chi connectivity index (χ3v) is 10.3. The van der Waals surface area contributed by atoms with Crippen LogP contribution in [0.5, 0.6) is 0 Å². The number of hydrogen-bond donors (Lipinski definition) is 0. The van der Waals surface area contributed by atoms with Gasteiger partial charge in [-0.1, -0.05) is 39.0 Å². The number of hydrogen-bond acceptors (Lipinski definition) is 2. The van der Waals surface area contributed by atoms with Crippen LogP contribution in [-0.4, -0.2) is 22.8 Å². The zero-order valence-electron chi connectivity index (χ0n) is 11.8. The van der Waals surface area contributed by atoms with Crippen molar-refractivity contribution >= 4 is 8.56 Å². The SMILES string of the molecule is CO[Si](OC)(C1CCCCC1)C1(C)CCCC1. The first-order valence-electron chi connectivity index (χ1n) is 7.29. The molecule has 0 atom stereocenters. The molecule has 100 valence electrons. The molecule has 0 spiro atoms. The molecule has 0 saturated heterocycles. The fourth-order valence-corrected chi connectivity index (χ4v) is 9.41. The molecule has 2 rings (SSSR count). The van der Waals surface area contributed by atoms with Gasteiger partial charge in [0.2, 0.25) is 0 Å². The second kappa shape index (κ2) is 5.41. The van der Waals surface area contributed by atoms with E-state index >= 15 is 0 Å². The van der Waals surface area contributed by atoms with E-state index < -0.39 is 8.56 Å². The fourth-order valence-electron chi connectivity index (χ4n) is 4.39. The maximum atomic E-state index is 6.13. The van der Waals surface area contributed by atoms with Crippen LogP contribution in [0, 0.1) is 0 Å². The van der Waals surface area contributed by atoms with Crippen LogP contribution in [0.25, 0.3) is 0 Å². The lowest BCUT2D eigenvalue weighted by molar-refractivity contribution is 0.182. The lowest BCUT2D eigenvalue weighted by atomic mass is 10.0. The van der Waals surface area contributed by atoms with E-state index in [1.165, 1.54) is 57.8 Å². The van der Waals surface area contributed by atoms with E-state index in [1.54, 1.807) is 0 Å². The second-order valence-corrected chi connectivity index (χ2v) is 10.4. The van der Waals surface area contributed by atoms with Crippen molar-refractivity contribution in [2.75, 3.05) is 14.2 Å². The summed E-state index contributed by atoms with van der Waals surface area (Å²) in [6, 6.07) is 0. The predicted molar refractivity (Wildman–Crippen MR) is 73.4 cm³/mol. The van der Waals surface area contributed by atoms with Crippen molar-refractivity contribution in [2.45, 2.75) is 75.3 Å². The van der Waals surface area contributed by atoms with Crippen molar-refractivity contribution in [1.82, 2.24) is 0 Å². The van der Waals surface area contributed by atoms with Crippen LogP contribution < -0.4 is 0 Å². The lowest BCUT2D eigenvalue weighted by Crippen LogP contribution is -2.54. The Morgan fingerprint density at radius 2 is 1.41 bits per heavy atom. The molecule has 0 bridgehead atoms. The summed E-state index contributed by atoms with van der Waals surface area (Å²) in [4.78, 5) is 0. The Balaban J connectivity index is 2.23. The van der Waals surface area contributed by atoms with Crippen LogP contribution in [0.15, 0.2) is 0 Å². The van der Waals surface area contributed by atoms with Crippen molar-refractivity contribution in [2.24, 2.45) is 0 Å². The molecule has 2 nitrogen and oxygen atoms in total. The van der Waals surface area contributed by atoms with E-state index in [1.807, 2.05) is 14.2 Å². The second-order valence-electron chi connectivity index (χ2n) is 6.18. The van der Waals surface area contributed by atoms with Crippen molar-refractivity contribution in [3.63, 3.8) is 0 Å². The topological polar surface area (TPSA) is 18.5 Å². The minimum atomic E-state index is -2.03. The van der Waals surface area contributed by atoms with Gasteiger partial charge in [0, 0.05) is 24.8 Å². The molecule has 0 amide bonds. The highest BCUT2D eigenvalue weighted by molar-refractivity contribution is 6.72. The molecule has 0 aromatic heterocycles. The third kappa shape index (κ3) is 2.22. The Bertz CT molecular complexity index is 239. The minimum Gasteiger partial charge on any atom is -0.397 e. The molecule has 3 heteroatoms. The molecule has 0 heterocycles. The van der Waals surface area contributed by atoms with Gasteiger partial charge < -0.3 is 8.85 Å². The fraction of sp³-hybridized carbons (Fsp3) is 1.00. The molecule has 0 radical (unpaired) electrons. The molecule has 0 aliphatic heterocycles. The van der Waals surface area contributed by atoms with Crippen molar-refractivity contribution in [1.29, 1.82) is 0 Å². The van der Waals surface area contributed by atoms with Crippen LogP contribution in [0.4, 0.5) is 0 Å². The van der Waals surface area contributed by atoms with E-state index in [9.17, 15) is 0 Å². The van der Waals surface area contributed by atoms with E-state index in [0.29, 0.717) is 5.04 Å². The van der Waals surface area contributed by atoms with Crippen molar-refractivity contribution < 1.29 is 8.85 Å². The highest BCUT2D eigenvalue weighted by atomic mass is 28.4. The summed E-state index contributed by atoms with van der Waals surface area (Å²) >= 11 is 0. The van der Waals surface area contributed by atoms with E-state index in [4.69, 9.17) is 8.85 Å². The lowest BCUT2D eigenvalue weighted by Gasteiger charge is -2.47. The molecule has 0 unspecified atom stereocenters. The monoisotopic (exact) mass is 256 g/mol. The zero-order valence-corrected chi connectivity index (χ0v) is 12.8. The predicted octanol–water partition coefficient (Wildman–Crippen LogP) is 4.39. The van der Waals surface area contributed by atoms with Gasteiger partial charge >= 0.3 is 8.56 Å². The molecule has 0 N–H and O–H groups in total. The van der Waals surface area contributed by atoms with Gasteiger partial charge in [0.05, 0.1) is 0 Å². The Kier molecular flexibility index (Phi) is 4.32. The molecule has 2 fully saturated rings. The summed E-state index contributed by atoms with van der Waals surface area (Å²) < 4.78 is 12.3. The largest absolute Gasteiger partial charge is 0.397 e. The Morgan fingerprint density at radius 3 is 1.88 bits per heavy atom. The van der Waals surface area contributed by atoms with Gasteiger partial charge in [0.25, 0.3) is 0 Å². The molecular weight excluding hydrogens is 228 g/mol. The van der Waals surface area contributed by atoms with Gasteiger partial charge in [-0.3, -0.25) is 0 Å². The van der Waals surface area contributed by atoms with Crippen LogP contribution in [0.3, 0.4) is 0 Å². The molecule has 17 heavy (non-hydrogen) atoms. The van der Waals surface area contributed by atoms with Gasteiger partial charge in [-0.25, -0.2) is 0 Å². The maximum absolute atomic E-state index is 6.13. The quantitative estimate of drug-likeness (QED) is 0.695. The first kappa shape index (κ1) is 13.6. The third-order valence-electron chi connectivity index (χ3n) is 5.30. The van der Waals surface area contributed by atoms with Crippen molar-refractivity contribution in [3.05, 3.63) is 0 Å². The summed E-state index contributed by atoms with van der Waals surface area (Å²) in [6.07, 6.45) is 12.2. The van der Waals surface area contributed by atoms with Gasteiger partial charge in [-0.2, -0.15) is 0 Å². The Labute approximate surface area is 107 Å². The molecule has 0 aromatic rings. The van der Waals surface area contributed by atoms with Gasteiger partial charge in [-0.15, -0.1) is 0 Å². The molecular formula is C14H28O2Si. The molecule has 2 aliphatic rings. The summed E-state index contributed by atoms with van der Waals surface area (Å²) in [5.74, 6) is 0. The van der Waals surface area contributed by atoms with E-state index in [0.717, 1.165) is 5.54 Å². The van der Waals surface area contributed by atoms with Crippen LogP contribution in [0.2, 0.25) is 10.6 Å². The van der Waals surface area contributed by atoms with Crippen LogP contribution in [0.1, 0.15) is 64.7 Å². The molecule has 2 saturated carbocycles. The average molecular weight is 256 g/mol. The standard InChI is InChI=1S/C14H28O2Si/c1-14(11-7-8-12-14)17(15-2,16-3)13-9-5-4-6-10-13/h13H,4-12H2,1-3H3. The van der Waals surface area contributed by atoms with Crippen LogP contribution >= 0.6 is 0 Å². The highest BCUT2D eigenvalue weighted by Gasteiger charge is 2.59. The molecule has 2 aliphatic carbocycles. The molecule has 0 aromatic carbocycles. The highest BCUT2D eigenvalue weighted by Crippen LogP contribution is 2.58. The summed E-state index contributed by atoms with van der Waals surface area (Å²) in [7, 11) is 1.79. The van der Waals surface area contributed by atoms with E-state index in [-0.39, 0.29) is 0 Å². The summed E-state index contributed by atoms with van der Waals surface area (Å²) in [5, 5.41) is 0.360. The van der Waals surface area contributed by atoms with Gasteiger partial charge in [0.1, 0.15) is 0 Å². The minimum absolute atomic E-state index is 0.360. The normalized spacial score (nSPS) is 26.3. The first-order valence-corrected chi connectivity index (χ1v) is 9.18. The number of rotatable bonds is 4. The summed E-state index contributed by atoms with van der Waals surface area (Å²) in [6.45, 7) is 2.44. The van der Waals surface area contributed by atoms with Crippen molar-refractivity contribution in [3.8, 4) is 0 Å². The zero-order chi connectivity index (χ0) is 12.4. The smallest absolute Gasteiger partial charge is 0.346 e.